The summed E-state index contributed by atoms with van der Waals surface area (Å²) in [5.74, 6) is -0.273. The molecular weight excluding hydrogens is 372 g/mol. The highest BCUT2D eigenvalue weighted by Gasteiger charge is 2.35. The van der Waals surface area contributed by atoms with Gasteiger partial charge in [-0.25, -0.2) is 8.42 Å². The van der Waals surface area contributed by atoms with E-state index in [4.69, 9.17) is 0 Å². The van der Waals surface area contributed by atoms with Gasteiger partial charge in [0.1, 0.15) is 0 Å². The number of nitrogens with zero attached hydrogens (tertiary/aromatic N) is 2. The Labute approximate surface area is 168 Å². The standard InChI is InChI=1S/C22H28N2O3S/c1-18(2)24(16-19-10-5-3-6-11-19)22(25)20-12-9-15-23(17-20)28(26,27)21-13-7-4-8-14-21/h3-8,10-11,13-14,18,20H,9,12,15-17H2,1-2H3. The highest BCUT2D eigenvalue weighted by Crippen LogP contribution is 2.26. The van der Waals surface area contributed by atoms with Gasteiger partial charge >= 0.3 is 0 Å². The summed E-state index contributed by atoms with van der Waals surface area (Å²) in [5, 5.41) is 0. The van der Waals surface area contributed by atoms with Gasteiger partial charge in [-0.15, -0.1) is 0 Å². The molecule has 6 heteroatoms. The Kier molecular flexibility index (Phi) is 6.52. The second-order valence-electron chi connectivity index (χ2n) is 7.56. The Morgan fingerprint density at radius 3 is 2.29 bits per heavy atom. The first-order valence-electron chi connectivity index (χ1n) is 9.79. The maximum absolute atomic E-state index is 13.3. The molecule has 1 unspecified atom stereocenters. The molecule has 1 aliphatic heterocycles. The smallest absolute Gasteiger partial charge is 0.243 e. The van der Waals surface area contributed by atoms with E-state index < -0.39 is 10.0 Å². The third-order valence-electron chi connectivity index (χ3n) is 5.22. The van der Waals surface area contributed by atoms with Crippen molar-refractivity contribution in [2.75, 3.05) is 13.1 Å². The topological polar surface area (TPSA) is 57.7 Å². The fourth-order valence-corrected chi connectivity index (χ4v) is 5.18. The summed E-state index contributed by atoms with van der Waals surface area (Å²) in [6.45, 7) is 5.25. The summed E-state index contributed by atoms with van der Waals surface area (Å²) in [6, 6.07) is 18.4. The van der Waals surface area contributed by atoms with E-state index in [1.807, 2.05) is 49.1 Å². The predicted octanol–water partition coefficient (Wildman–Crippen LogP) is 3.52. The van der Waals surface area contributed by atoms with Crippen LogP contribution < -0.4 is 0 Å². The van der Waals surface area contributed by atoms with E-state index >= 15 is 0 Å². The van der Waals surface area contributed by atoms with Gasteiger partial charge in [0.25, 0.3) is 0 Å². The summed E-state index contributed by atoms with van der Waals surface area (Å²) in [4.78, 5) is 15.4. The third-order valence-corrected chi connectivity index (χ3v) is 7.10. The minimum Gasteiger partial charge on any atom is -0.336 e. The zero-order chi connectivity index (χ0) is 20.1. The molecule has 2 aromatic rings. The van der Waals surface area contributed by atoms with Crippen molar-refractivity contribution in [1.82, 2.24) is 9.21 Å². The molecule has 1 heterocycles. The van der Waals surface area contributed by atoms with Crippen LogP contribution in [0, 0.1) is 5.92 Å². The monoisotopic (exact) mass is 400 g/mol. The highest BCUT2D eigenvalue weighted by molar-refractivity contribution is 7.89. The van der Waals surface area contributed by atoms with Crippen LogP contribution >= 0.6 is 0 Å². The number of hydrogen-bond acceptors (Lipinski definition) is 3. The first-order chi connectivity index (χ1) is 13.4. The molecular formula is C22H28N2O3S. The second kappa shape index (κ2) is 8.88. The lowest BCUT2D eigenvalue weighted by atomic mass is 9.97. The van der Waals surface area contributed by atoms with Crippen molar-refractivity contribution in [1.29, 1.82) is 0 Å². The van der Waals surface area contributed by atoms with Gasteiger partial charge in [0, 0.05) is 25.7 Å². The Morgan fingerprint density at radius 2 is 1.68 bits per heavy atom. The molecule has 1 amide bonds. The van der Waals surface area contributed by atoms with Gasteiger partial charge < -0.3 is 4.90 Å². The maximum atomic E-state index is 13.3. The fraction of sp³-hybridized carbons (Fsp3) is 0.409. The molecule has 1 aliphatic rings. The molecule has 0 radical (unpaired) electrons. The molecule has 3 rings (SSSR count). The molecule has 28 heavy (non-hydrogen) atoms. The number of sulfonamides is 1. The number of benzene rings is 2. The van der Waals surface area contributed by atoms with E-state index in [0.717, 1.165) is 12.0 Å². The number of rotatable bonds is 6. The first kappa shape index (κ1) is 20.6. The van der Waals surface area contributed by atoms with Crippen LogP contribution in [-0.2, 0) is 21.4 Å². The van der Waals surface area contributed by atoms with Crippen LogP contribution in [-0.4, -0.2) is 42.7 Å². The van der Waals surface area contributed by atoms with E-state index in [2.05, 4.69) is 0 Å². The van der Waals surface area contributed by atoms with E-state index in [1.54, 1.807) is 30.3 Å². The average molecular weight is 401 g/mol. The Morgan fingerprint density at radius 1 is 1.07 bits per heavy atom. The number of piperidine rings is 1. The SMILES string of the molecule is CC(C)N(Cc1ccccc1)C(=O)C1CCCN(S(=O)(=O)c2ccccc2)C1. The first-order valence-corrected chi connectivity index (χ1v) is 11.2. The van der Waals surface area contributed by atoms with E-state index in [-0.39, 0.29) is 29.3 Å². The molecule has 0 aromatic heterocycles. The predicted molar refractivity (Wildman–Crippen MR) is 110 cm³/mol. The molecule has 1 fully saturated rings. The van der Waals surface area contributed by atoms with Gasteiger partial charge in [-0.3, -0.25) is 4.79 Å². The molecule has 0 aliphatic carbocycles. The van der Waals surface area contributed by atoms with Crippen molar-refractivity contribution >= 4 is 15.9 Å². The van der Waals surface area contributed by atoms with Gasteiger partial charge in [-0.05, 0) is 44.4 Å². The minimum atomic E-state index is -3.57. The normalized spacial score (nSPS) is 18.2. The van der Waals surface area contributed by atoms with Gasteiger partial charge in [-0.1, -0.05) is 48.5 Å². The van der Waals surface area contributed by atoms with Crippen LogP contribution in [0.25, 0.3) is 0 Å². The lowest BCUT2D eigenvalue weighted by Gasteiger charge is -2.36. The van der Waals surface area contributed by atoms with Crippen molar-refractivity contribution < 1.29 is 13.2 Å². The summed E-state index contributed by atoms with van der Waals surface area (Å²) in [5.41, 5.74) is 1.08. The van der Waals surface area contributed by atoms with E-state index in [0.29, 0.717) is 19.5 Å². The molecule has 1 saturated heterocycles. The maximum Gasteiger partial charge on any atom is 0.243 e. The quantitative estimate of drug-likeness (QED) is 0.745. The average Bonchev–Trinajstić information content (AvgIpc) is 2.73. The van der Waals surface area contributed by atoms with Gasteiger partial charge in [0.05, 0.1) is 10.8 Å². The minimum absolute atomic E-state index is 0.0341. The van der Waals surface area contributed by atoms with Crippen molar-refractivity contribution in [2.45, 2.75) is 44.2 Å². The molecule has 1 atom stereocenters. The summed E-state index contributed by atoms with van der Waals surface area (Å²) in [7, 11) is -3.57. The van der Waals surface area contributed by atoms with Crippen LogP contribution in [0.15, 0.2) is 65.6 Å². The second-order valence-corrected chi connectivity index (χ2v) is 9.50. The zero-order valence-corrected chi connectivity index (χ0v) is 17.3. The largest absolute Gasteiger partial charge is 0.336 e. The Balaban J connectivity index is 1.76. The van der Waals surface area contributed by atoms with Crippen LogP contribution in [0.2, 0.25) is 0 Å². The highest BCUT2D eigenvalue weighted by atomic mass is 32.2. The Bertz CT molecular complexity index is 883. The molecule has 2 aromatic carbocycles. The molecule has 0 saturated carbocycles. The molecule has 0 bridgehead atoms. The number of carbonyl (C=O) groups excluding carboxylic acids is 1. The summed E-state index contributed by atoms with van der Waals surface area (Å²) in [6.07, 6.45) is 1.41. The van der Waals surface area contributed by atoms with Crippen LogP contribution in [0.3, 0.4) is 0 Å². The molecule has 150 valence electrons. The third kappa shape index (κ3) is 4.62. The van der Waals surface area contributed by atoms with Gasteiger partial charge in [0.2, 0.25) is 15.9 Å². The summed E-state index contributed by atoms with van der Waals surface area (Å²) < 4.78 is 27.4. The van der Waals surface area contributed by atoms with Crippen LogP contribution in [0.5, 0.6) is 0 Å². The lowest BCUT2D eigenvalue weighted by Crippen LogP contribution is -2.48. The zero-order valence-electron chi connectivity index (χ0n) is 16.5. The van der Waals surface area contributed by atoms with E-state index in [9.17, 15) is 13.2 Å². The number of carbonyl (C=O) groups is 1. The molecule has 0 spiro atoms. The van der Waals surface area contributed by atoms with Crippen molar-refractivity contribution in [3.63, 3.8) is 0 Å². The molecule has 5 nitrogen and oxygen atoms in total. The fourth-order valence-electron chi connectivity index (χ4n) is 3.63. The molecule has 0 N–H and O–H groups in total. The number of amides is 1. The van der Waals surface area contributed by atoms with Crippen molar-refractivity contribution in [3.05, 3.63) is 66.2 Å². The van der Waals surface area contributed by atoms with Gasteiger partial charge in [0.15, 0.2) is 0 Å². The summed E-state index contributed by atoms with van der Waals surface area (Å²) >= 11 is 0. The van der Waals surface area contributed by atoms with Crippen LogP contribution in [0.4, 0.5) is 0 Å². The van der Waals surface area contributed by atoms with Crippen LogP contribution in [0.1, 0.15) is 32.3 Å². The van der Waals surface area contributed by atoms with Crippen molar-refractivity contribution in [2.24, 2.45) is 5.92 Å². The Hall–Kier alpha value is -2.18. The van der Waals surface area contributed by atoms with E-state index in [1.165, 1.54) is 4.31 Å². The number of hydrogen-bond donors (Lipinski definition) is 0. The lowest BCUT2D eigenvalue weighted by molar-refractivity contribution is -0.139. The van der Waals surface area contributed by atoms with Crippen molar-refractivity contribution in [3.8, 4) is 0 Å². The van der Waals surface area contributed by atoms with Gasteiger partial charge in [-0.2, -0.15) is 4.31 Å².